The Balaban J connectivity index is 1.55. The van der Waals surface area contributed by atoms with Crippen LogP contribution in [-0.2, 0) is 11.2 Å². The van der Waals surface area contributed by atoms with Crippen LogP contribution in [0.3, 0.4) is 0 Å². The quantitative estimate of drug-likeness (QED) is 0.757. The first-order chi connectivity index (χ1) is 13.1. The van der Waals surface area contributed by atoms with Gasteiger partial charge in [0.1, 0.15) is 0 Å². The average Bonchev–Trinajstić information content (AvgIpc) is 2.72. The number of amides is 1. The van der Waals surface area contributed by atoms with Gasteiger partial charge in [-0.25, -0.2) is 0 Å². The van der Waals surface area contributed by atoms with E-state index in [1.807, 2.05) is 47.4 Å². The number of nitrogens with zero attached hydrogens (tertiary/aromatic N) is 2. The average molecular weight is 389 g/mol. The second kappa shape index (κ2) is 9.00. The van der Waals surface area contributed by atoms with Gasteiger partial charge in [0.15, 0.2) is 11.5 Å². The summed E-state index contributed by atoms with van der Waals surface area (Å²) in [6.07, 6.45) is 1.08. The molecule has 1 heterocycles. The second-order valence-electron chi connectivity index (χ2n) is 6.47. The van der Waals surface area contributed by atoms with Gasteiger partial charge < -0.3 is 19.3 Å². The van der Waals surface area contributed by atoms with Gasteiger partial charge in [0, 0.05) is 32.6 Å². The summed E-state index contributed by atoms with van der Waals surface area (Å²) in [6.45, 7) is 2.99. The van der Waals surface area contributed by atoms with Gasteiger partial charge in [0.05, 0.1) is 24.9 Å². The lowest BCUT2D eigenvalue weighted by Crippen LogP contribution is -2.48. The van der Waals surface area contributed by atoms with E-state index in [2.05, 4.69) is 4.90 Å². The number of rotatable bonds is 6. The first kappa shape index (κ1) is 19.4. The van der Waals surface area contributed by atoms with Gasteiger partial charge in [0.2, 0.25) is 5.91 Å². The highest BCUT2D eigenvalue weighted by atomic mass is 35.5. The van der Waals surface area contributed by atoms with Crippen LogP contribution in [0.4, 0.5) is 5.69 Å². The van der Waals surface area contributed by atoms with E-state index in [1.165, 1.54) is 0 Å². The van der Waals surface area contributed by atoms with Gasteiger partial charge >= 0.3 is 0 Å². The van der Waals surface area contributed by atoms with Crippen LogP contribution in [0.1, 0.15) is 12.0 Å². The van der Waals surface area contributed by atoms with Gasteiger partial charge in [-0.3, -0.25) is 4.79 Å². The number of methoxy groups -OCH3 is 2. The molecule has 0 radical (unpaired) electrons. The summed E-state index contributed by atoms with van der Waals surface area (Å²) in [6, 6.07) is 13.6. The Hall–Kier alpha value is -2.40. The molecule has 1 saturated heterocycles. The maximum Gasteiger partial charge on any atom is 0.223 e. The van der Waals surface area contributed by atoms with E-state index in [9.17, 15) is 4.79 Å². The zero-order valence-electron chi connectivity index (χ0n) is 15.8. The second-order valence-corrected chi connectivity index (χ2v) is 6.88. The summed E-state index contributed by atoms with van der Waals surface area (Å²) in [5, 5.41) is 0.752. The van der Waals surface area contributed by atoms with Gasteiger partial charge in [-0.1, -0.05) is 35.9 Å². The van der Waals surface area contributed by atoms with E-state index >= 15 is 0 Å². The summed E-state index contributed by atoms with van der Waals surface area (Å²) in [5.74, 6) is 1.56. The summed E-state index contributed by atoms with van der Waals surface area (Å²) >= 11 is 6.28. The number of carbonyl (C=O) groups is 1. The van der Waals surface area contributed by atoms with Crippen LogP contribution in [0, 0.1) is 0 Å². The Labute approximate surface area is 165 Å². The first-order valence-corrected chi connectivity index (χ1v) is 9.49. The van der Waals surface area contributed by atoms with Crippen molar-refractivity contribution in [1.29, 1.82) is 0 Å². The van der Waals surface area contributed by atoms with E-state index in [0.717, 1.165) is 29.4 Å². The molecule has 0 aliphatic carbocycles. The van der Waals surface area contributed by atoms with Crippen LogP contribution in [0.25, 0.3) is 0 Å². The predicted molar refractivity (Wildman–Crippen MR) is 108 cm³/mol. The Morgan fingerprint density at radius 2 is 1.74 bits per heavy atom. The zero-order chi connectivity index (χ0) is 19.2. The smallest absolute Gasteiger partial charge is 0.223 e. The number of benzene rings is 2. The van der Waals surface area contributed by atoms with Crippen LogP contribution in [0.2, 0.25) is 5.02 Å². The highest BCUT2D eigenvalue weighted by molar-refractivity contribution is 6.33. The lowest BCUT2D eigenvalue weighted by atomic mass is 10.1. The SMILES string of the molecule is COc1cccc(CCC(=O)N2CCN(c3ccccc3Cl)CC2)c1OC. The van der Waals surface area contributed by atoms with Crippen molar-refractivity contribution >= 4 is 23.2 Å². The molecule has 1 fully saturated rings. The van der Waals surface area contributed by atoms with Crippen LogP contribution in [0.5, 0.6) is 11.5 Å². The Bertz CT molecular complexity index is 789. The Kier molecular flexibility index (Phi) is 6.45. The molecule has 6 heteroatoms. The maximum absolute atomic E-state index is 12.6. The molecule has 2 aromatic carbocycles. The first-order valence-electron chi connectivity index (χ1n) is 9.11. The lowest BCUT2D eigenvalue weighted by Gasteiger charge is -2.36. The fraction of sp³-hybridized carbons (Fsp3) is 0.381. The molecular formula is C21H25ClN2O3. The van der Waals surface area contributed by atoms with E-state index in [4.69, 9.17) is 21.1 Å². The van der Waals surface area contributed by atoms with Crippen molar-refractivity contribution in [1.82, 2.24) is 4.90 Å². The number of hydrogen-bond donors (Lipinski definition) is 0. The van der Waals surface area contributed by atoms with Crippen LogP contribution in [0.15, 0.2) is 42.5 Å². The van der Waals surface area contributed by atoms with Crippen molar-refractivity contribution in [2.24, 2.45) is 0 Å². The highest BCUT2D eigenvalue weighted by Gasteiger charge is 2.22. The monoisotopic (exact) mass is 388 g/mol. The van der Waals surface area contributed by atoms with Crippen molar-refractivity contribution in [2.45, 2.75) is 12.8 Å². The van der Waals surface area contributed by atoms with E-state index < -0.39 is 0 Å². The van der Waals surface area contributed by atoms with Crippen molar-refractivity contribution in [2.75, 3.05) is 45.3 Å². The molecule has 144 valence electrons. The molecule has 0 aromatic heterocycles. The minimum absolute atomic E-state index is 0.165. The molecular weight excluding hydrogens is 364 g/mol. The molecule has 27 heavy (non-hydrogen) atoms. The molecule has 0 N–H and O–H groups in total. The van der Waals surface area contributed by atoms with Gasteiger partial charge in [0.25, 0.3) is 0 Å². The molecule has 1 amide bonds. The maximum atomic E-state index is 12.6. The third-order valence-corrected chi connectivity index (χ3v) is 5.24. The summed E-state index contributed by atoms with van der Waals surface area (Å²) in [4.78, 5) is 16.8. The predicted octanol–water partition coefficient (Wildman–Crippen LogP) is 3.64. The number of piperazine rings is 1. The minimum Gasteiger partial charge on any atom is -0.493 e. The highest BCUT2D eigenvalue weighted by Crippen LogP contribution is 2.31. The Morgan fingerprint density at radius 3 is 2.41 bits per heavy atom. The molecule has 3 rings (SSSR count). The number of ether oxygens (including phenoxy) is 2. The van der Waals surface area contributed by atoms with Gasteiger partial charge in [-0.05, 0) is 30.2 Å². The topological polar surface area (TPSA) is 42.0 Å². The third kappa shape index (κ3) is 4.48. The van der Waals surface area contributed by atoms with Crippen LogP contribution in [-0.4, -0.2) is 51.2 Å². The molecule has 0 saturated carbocycles. The zero-order valence-corrected chi connectivity index (χ0v) is 16.5. The summed E-state index contributed by atoms with van der Waals surface area (Å²) in [7, 11) is 3.24. The van der Waals surface area contributed by atoms with Crippen molar-refractivity contribution in [3.8, 4) is 11.5 Å². The van der Waals surface area contributed by atoms with E-state index in [1.54, 1.807) is 14.2 Å². The number of aryl methyl sites for hydroxylation is 1. The number of hydrogen-bond acceptors (Lipinski definition) is 4. The van der Waals surface area contributed by atoms with Crippen molar-refractivity contribution in [3.63, 3.8) is 0 Å². The number of anilines is 1. The van der Waals surface area contributed by atoms with Gasteiger partial charge in [-0.2, -0.15) is 0 Å². The third-order valence-electron chi connectivity index (χ3n) is 4.92. The molecule has 0 unspecified atom stereocenters. The van der Waals surface area contributed by atoms with Crippen LogP contribution < -0.4 is 14.4 Å². The minimum atomic E-state index is 0.165. The fourth-order valence-electron chi connectivity index (χ4n) is 3.46. The molecule has 2 aromatic rings. The van der Waals surface area contributed by atoms with E-state index in [0.29, 0.717) is 37.4 Å². The fourth-order valence-corrected chi connectivity index (χ4v) is 3.71. The van der Waals surface area contributed by atoms with Crippen LogP contribution >= 0.6 is 11.6 Å². The standard InChI is InChI=1S/C21H25ClN2O3/c1-26-19-9-5-6-16(21(19)27-2)10-11-20(25)24-14-12-23(13-15-24)18-8-4-3-7-17(18)22/h3-9H,10-15H2,1-2H3. The number of halogens is 1. The number of para-hydroxylation sites is 2. The summed E-state index contributed by atoms with van der Waals surface area (Å²) in [5.41, 5.74) is 2.02. The largest absolute Gasteiger partial charge is 0.493 e. The van der Waals surface area contributed by atoms with E-state index in [-0.39, 0.29) is 5.91 Å². The normalized spacial score (nSPS) is 14.2. The molecule has 0 spiro atoms. The molecule has 1 aliphatic rings. The molecule has 1 aliphatic heterocycles. The Morgan fingerprint density at radius 1 is 1.00 bits per heavy atom. The molecule has 0 atom stereocenters. The molecule has 5 nitrogen and oxygen atoms in total. The van der Waals surface area contributed by atoms with Gasteiger partial charge in [-0.15, -0.1) is 0 Å². The van der Waals surface area contributed by atoms with Crippen molar-refractivity contribution < 1.29 is 14.3 Å². The van der Waals surface area contributed by atoms with Crippen molar-refractivity contribution in [3.05, 3.63) is 53.1 Å². The number of carbonyl (C=O) groups excluding carboxylic acids is 1. The molecule has 0 bridgehead atoms. The summed E-state index contributed by atoms with van der Waals surface area (Å²) < 4.78 is 10.8. The lowest BCUT2D eigenvalue weighted by molar-refractivity contribution is -0.131.